The average molecular weight is 275 g/mol. The number of hydrogen-bond acceptors (Lipinski definition) is 3. The highest BCUT2D eigenvalue weighted by atomic mass is 32.2. The lowest BCUT2D eigenvalue weighted by atomic mass is 10.2. The van der Waals surface area contributed by atoms with E-state index in [0.717, 1.165) is 12.1 Å². The zero-order chi connectivity index (χ0) is 13.9. The molecule has 0 saturated carbocycles. The molecule has 0 aromatic heterocycles. The number of benzene rings is 2. The molecular formula is C15H17NO2S. The molecule has 3 nitrogen and oxygen atoms in total. The van der Waals surface area contributed by atoms with Crippen LogP contribution in [0.15, 0.2) is 64.4 Å². The van der Waals surface area contributed by atoms with Gasteiger partial charge < -0.3 is 4.90 Å². The normalized spacial score (nSPS) is 11.7. The molecule has 0 heterocycles. The number of sulfone groups is 1. The van der Waals surface area contributed by atoms with E-state index >= 15 is 0 Å². The molecule has 0 aliphatic carbocycles. The summed E-state index contributed by atoms with van der Waals surface area (Å²) in [5.41, 5.74) is 1.09. The van der Waals surface area contributed by atoms with E-state index < -0.39 is 9.84 Å². The Bertz CT molecular complexity index is 632. The van der Waals surface area contributed by atoms with Gasteiger partial charge in [0.1, 0.15) is 0 Å². The van der Waals surface area contributed by atoms with E-state index in [4.69, 9.17) is 0 Å². The molecule has 0 aliphatic heterocycles. The summed E-state index contributed by atoms with van der Waals surface area (Å²) < 4.78 is 24.7. The first-order valence-electron chi connectivity index (χ1n) is 6.04. The molecular weight excluding hydrogens is 258 g/mol. The standard InChI is InChI=1S/C15H17NO2S/c1-16(2)12-13-8-10-15(11-9-13)19(17,18)14-6-4-3-5-7-14/h3-11H,12H2,1-2H3. The van der Waals surface area contributed by atoms with Crippen LogP contribution in [-0.4, -0.2) is 27.4 Å². The Morgan fingerprint density at radius 1 is 0.842 bits per heavy atom. The lowest BCUT2D eigenvalue weighted by molar-refractivity contribution is 0.402. The Hall–Kier alpha value is -1.65. The van der Waals surface area contributed by atoms with Crippen molar-refractivity contribution in [3.05, 3.63) is 60.2 Å². The van der Waals surface area contributed by atoms with E-state index in [1.165, 1.54) is 0 Å². The first kappa shape index (κ1) is 13.8. The molecule has 0 spiro atoms. The summed E-state index contributed by atoms with van der Waals surface area (Å²) in [7, 11) is 0.564. The highest BCUT2D eigenvalue weighted by Crippen LogP contribution is 2.20. The Balaban J connectivity index is 2.32. The van der Waals surface area contributed by atoms with E-state index in [1.807, 2.05) is 31.1 Å². The first-order chi connectivity index (χ1) is 9.00. The quantitative estimate of drug-likeness (QED) is 0.860. The van der Waals surface area contributed by atoms with Gasteiger partial charge in [-0.1, -0.05) is 30.3 Å². The predicted octanol–water partition coefficient (Wildman–Crippen LogP) is 2.58. The minimum atomic E-state index is -3.40. The van der Waals surface area contributed by atoms with Crippen molar-refractivity contribution in [1.29, 1.82) is 0 Å². The smallest absolute Gasteiger partial charge is 0.206 e. The fourth-order valence-corrected chi connectivity index (χ4v) is 3.16. The van der Waals surface area contributed by atoms with Crippen LogP contribution in [0, 0.1) is 0 Å². The molecule has 2 aromatic rings. The van der Waals surface area contributed by atoms with Gasteiger partial charge in [0.05, 0.1) is 9.79 Å². The summed E-state index contributed by atoms with van der Waals surface area (Å²) in [5.74, 6) is 0. The van der Waals surface area contributed by atoms with E-state index in [2.05, 4.69) is 0 Å². The third kappa shape index (κ3) is 3.22. The van der Waals surface area contributed by atoms with E-state index in [1.54, 1.807) is 42.5 Å². The van der Waals surface area contributed by atoms with Crippen molar-refractivity contribution in [3.8, 4) is 0 Å². The number of hydrogen-bond donors (Lipinski definition) is 0. The summed E-state index contributed by atoms with van der Waals surface area (Å²) in [6.45, 7) is 0.797. The van der Waals surface area contributed by atoms with E-state index in [9.17, 15) is 8.42 Å². The van der Waals surface area contributed by atoms with Gasteiger partial charge in [0, 0.05) is 6.54 Å². The lowest BCUT2D eigenvalue weighted by Crippen LogP contribution is -2.10. The molecule has 4 heteroatoms. The van der Waals surface area contributed by atoms with Crippen LogP contribution in [0.2, 0.25) is 0 Å². The number of nitrogens with zero attached hydrogens (tertiary/aromatic N) is 1. The van der Waals surface area contributed by atoms with Crippen molar-refractivity contribution in [1.82, 2.24) is 4.90 Å². The van der Waals surface area contributed by atoms with Gasteiger partial charge in [0.15, 0.2) is 0 Å². The molecule has 0 aliphatic rings. The Labute approximate surface area is 114 Å². The van der Waals surface area contributed by atoms with Crippen LogP contribution in [-0.2, 0) is 16.4 Å². The van der Waals surface area contributed by atoms with E-state index in [0.29, 0.717) is 9.79 Å². The zero-order valence-electron chi connectivity index (χ0n) is 11.1. The molecule has 0 radical (unpaired) electrons. The highest BCUT2D eigenvalue weighted by Gasteiger charge is 2.16. The summed E-state index contributed by atoms with van der Waals surface area (Å²) in [6.07, 6.45) is 0. The van der Waals surface area contributed by atoms with Gasteiger partial charge >= 0.3 is 0 Å². The minimum Gasteiger partial charge on any atom is -0.305 e. The van der Waals surface area contributed by atoms with Crippen molar-refractivity contribution in [2.24, 2.45) is 0 Å². The zero-order valence-corrected chi connectivity index (χ0v) is 11.9. The minimum absolute atomic E-state index is 0.329. The van der Waals surface area contributed by atoms with Crippen LogP contribution in [0.3, 0.4) is 0 Å². The largest absolute Gasteiger partial charge is 0.305 e. The van der Waals surface area contributed by atoms with Crippen LogP contribution in [0.4, 0.5) is 0 Å². The SMILES string of the molecule is CN(C)Cc1ccc(S(=O)(=O)c2ccccc2)cc1. The molecule has 0 atom stereocenters. The third-order valence-corrected chi connectivity index (χ3v) is 4.57. The summed E-state index contributed by atoms with van der Waals surface area (Å²) in [4.78, 5) is 2.71. The first-order valence-corrected chi connectivity index (χ1v) is 7.52. The molecule has 2 rings (SSSR count). The van der Waals surface area contributed by atoms with Gasteiger partial charge in [-0.3, -0.25) is 0 Å². The second kappa shape index (κ2) is 5.55. The summed E-state index contributed by atoms with van der Waals surface area (Å²) >= 11 is 0. The van der Waals surface area contributed by atoms with Gasteiger partial charge in [0.2, 0.25) is 9.84 Å². The third-order valence-electron chi connectivity index (χ3n) is 2.79. The van der Waals surface area contributed by atoms with Crippen LogP contribution in [0.5, 0.6) is 0 Å². The maximum absolute atomic E-state index is 12.4. The molecule has 0 fully saturated rings. The molecule has 0 bridgehead atoms. The molecule has 0 saturated heterocycles. The van der Waals surface area contributed by atoms with Gasteiger partial charge in [-0.15, -0.1) is 0 Å². The molecule has 0 N–H and O–H groups in total. The van der Waals surface area contributed by atoms with Gasteiger partial charge in [-0.25, -0.2) is 8.42 Å². The molecule has 19 heavy (non-hydrogen) atoms. The topological polar surface area (TPSA) is 37.4 Å². The fraction of sp³-hybridized carbons (Fsp3) is 0.200. The molecule has 2 aromatic carbocycles. The molecule has 0 amide bonds. The fourth-order valence-electron chi connectivity index (χ4n) is 1.87. The predicted molar refractivity (Wildman–Crippen MR) is 75.7 cm³/mol. The van der Waals surface area contributed by atoms with Gasteiger partial charge in [0.25, 0.3) is 0 Å². The Morgan fingerprint density at radius 2 is 1.37 bits per heavy atom. The highest BCUT2D eigenvalue weighted by molar-refractivity contribution is 7.91. The summed E-state index contributed by atoms with van der Waals surface area (Å²) in [6, 6.07) is 15.5. The lowest BCUT2D eigenvalue weighted by Gasteiger charge is -2.10. The Kier molecular flexibility index (Phi) is 4.02. The average Bonchev–Trinajstić information content (AvgIpc) is 2.40. The van der Waals surface area contributed by atoms with Crippen LogP contribution in [0.1, 0.15) is 5.56 Å². The van der Waals surface area contributed by atoms with Crippen LogP contribution >= 0.6 is 0 Å². The van der Waals surface area contributed by atoms with Crippen LogP contribution < -0.4 is 0 Å². The van der Waals surface area contributed by atoms with E-state index in [-0.39, 0.29) is 0 Å². The van der Waals surface area contributed by atoms with Crippen molar-refractivity contribution in [3.63, 3.8) is 0 Å². The van der Waals surface area contributed by atoms with Crippen molar-refractivity contribution < 1.29 is 8.42 Å². The second-order valence-corrected chi connectivity index (χ2v) is 6.65. The Morgan fingerprint density at radius 3 is 1.89 bits per heavy atom. The second-order valence-electron chi connectivity index (χ2n) is 4.70. The maximum Gasteiger partial charge on any atom is 0.206 e. The number of rotatable bonds is 4. The van der Waals surface area contributed by atoms with Crippen molar-refractivity contribution in [2.45, 2.75) is 16.3 Å². The van der Waals surface area contributed by atoms with Gasteiger partial charge in [-0.05, 0) is 43.9 Å². The molecule has 0 unspecified atom stereocenters. The van der Waals surface area contributed by atoms with Crippen molar-refractivity contribution in [2.75, 3.05) is 14.1 Å². The monoisotopic (exact) mass is 275 g/mol. The molecule has 100 valence electrons. The van der Waals surface area contributed by atoms with Crippen LogP contribution in [0.25, 0.3) is 0 Å². The van der Waals surface area contributed by atoms with Crippen molar-refractivity contribution >= 4 is 9.84 Å². The summed E-state index contributed by atoms with van der Waals surface area (Å²) in [5, 5.41) is 0. The van der Waals surface area contributed by atoms with Gasteiger partial charge in [-0.2, -0.15) is 0 Å². The maximum atomic E-state index is 12.4.